The van der Waals surface area contributed by atoms with Crippen LogP contribution in [-0.4, -0.2) is 57.6 Å². The van der Waals surface area contributed by atoms with Gasteiger partial charge in [-0.2, -0.15) is 0 Å². The van der Waals surface area contributed by atoms with Crippen molar-refractivity contribution >= 4 is 0 Å². The highest BCUT2D eigenvalue weighted by Crippen LogP contribution is 2.11. The zero-order chi connectivity index (χ0) is 13.2. The molecule has 1 aliphatic heterocycles. The first-order chi connectivity index (χ1) is 8.76. The number of rotatable bonds is 9. The topological polar surface area (TPSA) is 33.7 Å². The van der Waals surface area contributed by atoms with Crippen LogP contribution in [0.4, 0.5) is 0 Å². The van der Waals surface area contributed by atoms with Crippen molar-refractivity contribution < 1.29 is 9.47 Å². The summed E-state index contributed by atoms with van der Waals surface area (Å²) >= 11 is 0. The zero-order valence-corrected chi connectivity index (χ0v) is 12.3. The fourth-order valence-electron chi connectivity index (χ4n) is 2.52. The van der Waals surface area contributed by atoms with E-state index in [1.54, 1.807) is 0 Å². The molecule has 0 radical (unpaired) electrons. The van der Waals surface area contributed by atoms with Crippen LogP contribution in [0, 0.1) is 5.92 Å². The Morgan fingerprint density at radius 2 is 2.00 bits per heavy atom. The van der Waals surface area contributed by atoms with E-state index in [2.05, 4.69) is 17.3 Å². The van der Waals surface area contributed by atoms with Crippen LogP contribution in [0.3, 0.4) is 0 Å². The van der Waals surface area contributed by atoms with E-state index >= 15 is 0 Å². The Kier molecular flexibility index (Phi) is 8.59. The summed E-state index contributed by atoms with van der Waals surface area (Å²) in [6, 6.07) is 0. The number of ether oxygens (including phenoxy) is 2. The molecule has 0 saturated carbocycles. The maximum Gasteiger partial charge on any atom is 0.158 e. The molecule has 1 N–H and O–H groups in total. The molecule has 0 aromatic heterocycles. The average molecular weight is 258 g/mol. The van der Waals surface area contributed by atoms with Gasteiger partial charge in [0.15, 0.2) is 6.29 Å². The third-order valence-electron chi connectivity index (χ3n) is 3.42. The fourth-order valence-corrected chi connectivity index (χ4v) is 2.52. The van der Waals surface area contributed by atoms with Gasteiger partial charge in [-0.1, -0.05) is 0 Å². The van der Waals surface area contributed by atoms with Crippen molar-refractivity contribution in [1.29, 1.82) is 0 Å². The molecule has 1 unspecified atom stereocenters. The lowest BCUT2D eigenvalue weighted by atomic mass is 9.99. The summed E-state index contributed by atoms with van der Waals surface area (Å²) in [6.45, 7) is 10.1. The molecular weight excluding hydrogens is 228 g/mol. The molecule has 4 nitrogen and oxygen atoms in total. The molecule has 1 saturated heterocycles. The van der Waals surface area contributed by atoms with Crippen LogP contribution >= 0.6 is 0 Å². The largest absolute Gasteiger partial charge is 0.353 e. The lowest BCUT2D eigenvalue weighted by Gasteiger charge is -2.28. The van der Waals surface area contributed by atoms with Crippen molar-refractivity contribution in [2.24, 2.45) is 5.92 Å². The van der Waals surface area contributed by atoms with Gasteiger partial charge in [-0.05, 0) is 52.7 Å². The summed E-state index contributed by atoms with van der Waals surface area (Å²) in [5.74, 6) is 0.807. The zero-order valence-electron chi connectivity index (χ0n) is 12.3. The van der Waals surface area contributed by atoms with Gasteiger partial charge < -0.3 is 19.7 Å². The van der Waals surface area contributed by atoms with Gasteiger partial charge in [-0.3, -0.25) is 0 Å². The minimum absolute atomic E-state index is 0.0352. The predicted octanol–water partition coefficient (Wildman–Crippen LogP) is 1.71. The van der Waals surface area contributed by atoms with E-state index in [1.165, 1.54) is 32.5 Å². The summed E-state index contributed by atoms with van der Waals surface area (Å²) < 4.78 is 11.1. The second-order valence-electron chi connectivity index (χ2n) is 5.10. The molecular formula is C14H30N2O2. The lowest BCUT2D eigenvalue weighted by molar-refractivity contribution is -0.141. The van der Waals surface area contributed by atoms with Crippen LogP contribution in [-0.2, 0) is 9.47 Å². The number of piperidine rings is 1. The Balaban J connectivity index is 2.15. The van der Waals surface area contributed by atoms with E-state index in [4.69, 9.17) is 9.47 Å². The van der Waals surface area contributed by atoms with E-state index in [9.17, 15) is 0 Å². The molecule has 1 atom stereocenters. The van der Waals surface area contributed by atoms with Gasteiger partial charge in [0.1, 0.15) is 0 Å². The molecule has 1 heterocycles. The lowest BCUT2D eigenvalue weighted by Crippen LogP contribution is -2.38. The first-order valence-corrected chi connectivity index (χ1v) is 7.38. The molecule has 108 valence electrons. The SMILES string of the molecule is CCOC(CCN(C)CC1CCCNC1)OCC. The van der Waals surface area contributed by atoms with Crippen LogP contribution < -0.4 is 5.32 Å². The van der Waals surface area contributed by atoms with E-state index in [0.717, 1.165) is 32.1 Å². The van der Waals surface area contributed by atoms with Gasteiger partial charge in [0.25, 0.3) is 0 Å². The number of nitrogens with one attached hydrogen (secondary N) is 1. The highest BCUT2D eigenvalue weighted by atomic mass is 16.7. The minimum atomic E-state index is -0.0352. The second kappa shape index (κ2) is 9.73. The van der Waals surface area contributed by atoms with Crippen molar-refractivity contribution in [1.82, 2.24) is 10.2 Å². The molecule has 0 aromatic carbocycles. The first-order valence-electron chi connectivity index (χ1n) is 7.38. The second-order valence-corrected chi connectivity index (χ2v) is 5.10. The van der Waals surface area contributed by atoms with Gasteiger partial charge in [0.05, 0.1) is 0 Å². The number of nitrogens with zero attached hydrogens (tertiary/aromatic N) is 1. The van der Waals surface area contributed by atoms with Crippen LogP contribution in [0.1, 0.15) is 33.1 Å². The predicted molar refractivity (Wildman–Crippen MR) is 74.7 cm³/mol. The van der Waals surface area contributed by atoms with Gasteiger partial charge in [0, 0.05) is 32.7 Å². The third kappa shape index (κ3) is 6.69. The number of hydrogen-bond acceptors (Lipinski definition) is 4. The van der Waals surface area contributed by atoms with Crippen molar-refractivity contribution in [3.05, 3.63) is 0 Å². The Morgan fingerprint density at radius 3 is 2.56 bits per heavy atom. The summed E-state index contributed by atoms with van der Waals surface area (Å²) in [4.78, 5) is 2.41. The highest BCUT2D eigenvalue weighted by molar-refractivity contribution is 4.71. The molecule has 1 fully saturated rings. The molecule has 18 heavy (non-hydrogen) atoms. The van der Waals surface area contributed by atoms with E-state index in [1.807, 2.05) is 13.8 Å². The summed E-state index contributed by atoms with van der Waals surface area (Å²) in [5, 5.41) is 3.47. The van der Waals surface area contributed by atoms with Crippen molar-refractivity contribution in [2.45, 2.75) is 39.4 Å². The molecule has 0 amide bonds. The average Bonchev–Trinajstić information content (AvgIpc) is 2.38. The van der Waals surface area contributed by atoms with Gasteiger partial charge in [-0.25, -0.2) is 0 Å². The molecule has 4 heteroatoms. The van der Waals surface area contributed by atoms with E-state index in [0.29, 0.717) is 0 Å². The maximum atomic E-state index is 5.56. The van der Waals surface area contributed by atoms with Crippen molar-refractivity contribution in [3.8, 4) is 0 Å². The molecule has 1 aliphatic rings. The van der Waals surface area contributed by atoms with E-state index in [-0.39, 0.29) is 6.29 Å². The van der Waals surface area contributed by atoms with Crippen LogP contribution in [0.15, 0.2) is 0 Å². The highest BCUT2D eigenvalue weighted by Gasteiger charge is 2.16. The third-order valence-corrected chi connectivity index (χ3v) is 3.42. The molecule has 1 rings (SSSR count). The van der Waals surface area contributed by atoms with Gasteiger partial charge in [0.2, 0.25) is 0 Å². The Labute approximate surface area is 112 Å². The van der Waals surface area contributed by atoms with Crippen molar-refractivity contribution in [2.75, 3.05) is 46.4 Å². The number of hydrogen-bond donors (Lipinski definition) is 1. The minimum Gasteiger partial charge on any atom is -0.353 e. The molecule has 0 aliphatic carbocycles. The summed E-state index contributed by atoms with van der Waals surface area (Å²) in [7, 11) is 2.20. The van der Waals surface area contributed by atoms with Crippen LogP contribution in [0.5, 0.6) is 0 Å². The first kappa shape index (κ1) is 15.9. The molecule has 0 bridgehead atoms. The van der Waals surface area contributed by atoms with E-state index < -0.39 is 0 Å². The smallest absolute Gasteiger partial charge is 0.158 e. The molecule has 0 aromatic rings. The standard InChI is InChI=1S/C14H30N2O2/c1-4-17-14(18-5-2)8-10-16(3)12-13-7-6-9-15-11-13/h13-15H,4-12H2,1-3H3. The van der Waals surface area contributed by atoms with Gasteiger partial charge in [-0.15, -0.1) is 0 Å². The fraction of sp³-hybridized carbons (Fsp3) is 1.00. The van der Waals surface area contributed by atoms with Crippen LogP contribution in [0.25, 0.3) is 0 Å². The monoisotopic (exact) mass is 258 g/mol. The normalized spacial score (nSPS) is 20.8. The molecule has 0 spiro atoms. The van der Waals surface area contributed by atoms with Gasteiger partial charge >= 0.3 is 0 Å². The van der Waals surface area contributed by atoms with Crippen molar-refractivity contribution in [3.63, 3.8) is 0 Å². The summed E-state index contributed by atoms with van der Waals surface area (Å²) in [5.41, 5.74) is 0. The summed E-state index contributed by atoms with van der Waals surface area (Å²) in [6.07, 6.45) is 3.60. The Morgan fingerprint density at radius 1 is 1.28 bits per heavy atom. The Bertz CT molecular complexity index is 190. The van der Waals surface area contributed by atoms with Crippen LogP contribution in [0.2, 0.25) is 0 Å². The Hall–Kier alpha value is -0.160. The quantitative estimate of drug-likeness (QED) is 0.638. The maximum absolute atomic E-state index is 5.56.